The van der Waals surface area contributed by atoms with Crippen molar-refractivity contribution in [3.8, 4) is 11.3 Å². The number of amides is 1. The van der Waals surface area contributed by atoms with E-state index < -0.39 is 0 Å². The minimum absolute atomic E-state index is 0.0155. The molecule has 0 saturated heterocycles. The molecule has 1 heterocycles. The molecule has 25 heavy (non-hydrogen) atoms. The number of rotatable bonds is 6. The Morgan fingerprint density at radius 3 is 2.40 bits per heavy atom. The zero-order valence-corrected chi connectivity index (χ0v) is 14.8. The number of hydrogen-bond donors (Lipinski definition) is 1. The Balaban J connectivity index is 1.50. The summed E-state index contributed by atoms with van der Waals surface area (Å²) in [5.41, 5.74) is 4.17. The first-order valence-electron chi connectivity index (χ1n) is 8.05. The Kier molecular flexibility index (Phi) is 5.80. The molecule has 0 unspecified atom stereocenters. The molecule has 1 aromatic heterocycles. The number of aryl methyl sites for hydroxylation is 1. The van der Waals surface area contributed by atoms with Crippen LogP contribution in [-0.4, -0.2) is 21.9 Å². The quantitative estimate of drug-likeness (QED) is 0.687. The van der Waals surface area contributed by atoms with Crippen LogP contribution in [0.3, 0.4) is 0 Å². The number of aromatic nitrogens is 2. The van der Waals surface area contributed by atoms with Gasteiger partial charge in [-0.1, -0.05) is 71.9 Å². The van der Waals surface area contributed by atoms with E-state index in [9.17, 15) is 4.79 Å². The predicted molar refractivity (Wildman–Crippen MR) is 101 cm³/mol. The molecule has 2 aromatic carbocycles. The highest BCUT2D eigenvalue weighted by atomic mass is 32.2. The smallest absolute Gasteiger partial charge is 0.230 e. The molecule has 3 rings (SSSR count). The third-order valence-electron chi connectivity index (χ3n) is 3.67. The lowest BCUT2D eigenvalue weighted by Gasteiger charge is -2.05. The lowest BCUT2D eigenvalue weighted by atomic mass is 10.1. The summed E-state index contributed by atoms with van der Waals surface area (Å²) >= 11 is 1.38. The van der Waals surface area contributed by atoms with Crippen molar-refractivity contribution in [2.24, 2.45) is 0 Å². The van der Waals surface area contributed by atoms with Crippen LogP contribution in [-0.2, 0) is 11.3 Å². The molecule has 3 aromatic rings. The summed E-state index contributed by atoms with van der Waals surface area (Å²) in [5.74, 6) is 0.309. The fourth-order valence-corrected chi connectivity index (χ4v) is 2.91. The van der Waals surface area contributed by atoms with Crippen molar-refractivity contribution in [1.82, 2.24) is 15.5 Å². The third-order valence-corrected chi connectivity index (χ3v) is 4.59. The van der Waals surface area contributed by atoms with Gasteiger partial charge in [-0.15, -0.1) is 10.2 Å². The van der Waals surface area contributed by atoms with Crippen LogP contribution in [0.2, 0.25) is 0 Å². The van der Waals surface area contributed by atoms with E-state index in [0.29, 0.717) is 12.3 Å². The van der Waals surface area contributed by atoms with E-state index in [1.807, 2.05) is 54.6 Å². The molecular formula is C20H19N3OS. The van der Waals surface area contributed by atoms with E-state index in [2.05, 4.69) is 34.6 Å². The second-order valence-corrected chi connectivity index (χ2v) is 6.67. The number of benzene rings is 2. The highest BCUT2D eigenvalue weighted by molar-refractivity contribution is 7.99. The summed E-state index contributed by atoms with van der Waals surface area (Å²) in [5, 5.41) is 12.1. The molecule has 1 N–H and O–H groups in total. The molecule has 0 aliphatic heterocycles. The lowest BCUT2D eigenvalue weighted by Crippen LogP contribution is -2.24. The Morgan fingerprint density at radius 2 is 1.72 bits per heavy atom. The number of carbonyl (C=O) groups excluding carboxylic acids is 1. The molecule has 4 nitrogen and oxygen atoms in total. The van der Waals surface area contributed by atoms with Gasteiger partial charge in [0.15, 0.2) is 0 Å². The largest absolute Gasteiger partial charge is 0.351 e. The maximum Gasteiger partial charge on any atom is 0.230 e. The van der Waals surface area contributed by atoms with E-state index >= 15 is 0 Å². The third kappa shape index (κ3) is 5.16. The van der Waals surface area contributed by atoms with Gasteiger partial charge in [-0.3, -0.25) is 4.79 Å². The van der Waals surface area contributed by atoms with Gasteiger partial charge in [0.1, 0.15) is 5.03 Å². The van der Waals surface area contributed by atoms with Gasteiger partial charge in [0, 0.05) is 12.1 Å². The first kappa shape index (κ1) is 17.2. The molecule has 0 spiro atoms. The molecule has 0 atom stereocenters. The molecule has 0 aliphatic carbocycles. The van der Waals surface area contributed by atoms with Gasteiger partial charge in [-0.2, -0.15) is 0 Å². The molecule has 0 saturated carbocycles. The summed E-state index contributed by atoms with van der Waals surface area (Å²) in [4.78, 5) is 11.9. The van der Waals surface area contributed by atoms with E-state index in [1.165, 1.54) is 17.3 Å². The maximum atomic E-state index is 11.9. The number of nitrogens with zero attached hydrogens (tertiary/aromatic N) is 2. The fraction of sp³-hybridized carbons (Fsp3) is 0.150. The highest BCUT2D eigenvalue weighted by Crippen LogP contribution is 2.20. The molecule has 0 radical (unpaired) electrons. The van der Waals surface area contributed by atoms with Gasteiger partial charge in [-0.05, 0) is 24.6 Å². The van der Waals surface area contributed by atoms with E-state index in [0.717, 1.165) is 21.8 Å². The van der Waals surface area contributed by atoms with E-state index in [1.54, 1.807) is 0 Å². The SMILES string of the molecule is Cc1ccc(-c2ccc(SCC(=O)NCc3ccccc3)nn2)cc1. The molecule has 0 bridgehead atoms. The van der Waals surface area contributed by atoms with Crippen molar-refractivity contribution in [2.75, 3.05) is 5.75 Å². The van der Waals surface area contributed by atoms with Crippen LogP contribution in [0.1, 0.15) is 11.1 Å². The molecule has 0 fully saturated rings. The Labute approximate surface area is 151 Å². The second kappa shape index (κ2) is 8.44. The Bertz CT molecular complexity index is 818. The molecule has 1 amide bonds. The average molecular weight is 349 g/mol. The first-order chi connectivity index (χ1) is 12.2. The standard InChI is InChI=1S/C20H19N3OS/c1-15-7-9-17(10-8-15)18-11-12-20(23-22-18)25-14-19(24)21-13-16-5-3-2-4-6-16/h2-12H,13-14H2,1H3,(H,21,24). The minimum atomic E-state index is -0.0155. The van der Waals surface area contributed by atoms with Crippen LogP contribution in [0.15, 0.2) is 71.8 Å². The van der Waals surface area contributed by atoms with E-state index in [-0.39, 0.29) is 5.91 Å². The van der Waals surface area contributed by atoms with Crippen LogP contribution in [0.25, 0.3) is 11.3 Å². The molecule has 0 aliphatic rings. The average Bonchev–Trinajstić information content (AvgIpc) is 2.67. The summed E-state index contributed by atoms with van der Waals surface area (Å²) in [6, 6.07) is 21.9. The van der Waals surface area contributed by atoms with Crippen molar-refractivity contribution in [1.29, 1.82) is 0 Å². The van der Waals surface area contributed by atoms with Gasteiger partial charge in [0.2, 0.25) is 5.91 Å². The number of nitrogens with one attached hydrogen (secondary N) is 1. The van der Waals surface area contributed by atoms with Crippen LogP contribution in [0, 0.1) is 6.92 Å². The Hall–Kier alpha value is -2.66. The normalized spacial score (nSPS) is 10.4. The molecule has 5 heteroatoms. The predicted octanol–water partition coefficient (Wildman–Crippen LogP) is 3.86. The van der Waals surface area contributed by atoms with Crippen molar-refractivity contribution < 1.29 is 4.79 Å². The van der Waals surface area contributed by atoms with Gasteiger partial charge in [-0.25, -0.2) is 0 Å². The lowest BCUT2D eigenvalue weighted by molar-refractivity contribution is -0.118. The highest BCUT2D eigenvalue weighted by Gasteiger charge is 2.05. The fourth-order valence-electron chi connectivity index (χ4n) is 2.26. The number of hydrogen-bond acceptors (Lipinski definition) is 4. The second-order valence-electron chi connectivity index (χ2n) is 5.67. The molecule has 126 valence electrons. The van der Waals surface area contributed by atoms with Crippen LogP contribution < -0.4 is 5.32 Å². The molecular weight excluding hydrogens is 330 g/mol. The van der Waals surface area contributed by atoms with Gasteiger partial charge >= 0.3 is 0 Å². The summed E-state index contributed by atoms with van der Waals surface area (Å²) in [7, 11) is 0. The zero-order valence-electron chi connectivity index (χ0n) is 14.0. The Morgan fingerprint density at radius 1 is 0.960 bits per heavy atom. The topological polar surface area (TPSA) is 54.9 Å². The summed E-state index contributed by atoms with van der Waals surface area (Å²) in [6.07, 6.45) is 0. The number of carbonyl (C=O) groups is 1. The van der Waals surface area contributed by atoms with Crippen molar-refractivity contribution in [2.45, 2.75) is 18.5 Å². The van der Waals surface area contributed by atoms with Gasteiger partial charge in [0.25, 0.3) is 0 Å². The summed E-state index contributed by atoms with van der Waals surface area (Å²) < 4.78 is 0. The van der Waals surface area contributed by atoms with Crippen molar-refractivity contribution in [3.63, 3.8) is 0 Å². The van der Waals surface area contributed by atoms with Crippen LogP contribution in [0.5, 0.6) is 0 Å². The van der Waals surface area contributed by atoms with Gasteiger partial charge < -0.3 is 5.32 Å². The zero-order chi connectivity index (χ0) is 17.5. The van der Waals surface area contributed by atoms with Crippen LogP contribution in [0.4, 0.5) is 0 Å². The van der Waals surface area contributed by atoms with Gasteiger partial charge in [0.05, 0.1) is 11.4 Å². The summed E-state index contributed by atoms with van der Waals surface area (Å²) in [6.45, 7) is 2.59. The minimum Gasteiger partial charge on any atom is -0.351 e. The van der Waals surface area contributed by atoms with Crippen LogP contribution >= 0.6 is 11.8 Å². The monoisotopic (exact) mass is 349 g/mol. The van der Waals surface area contributed by atoms with Crippen molar-refractivity contribution in [3.05, 3.63) is 77.9 Å². The van der Waals surface area contributed by atoms with Crippen molar-refractivity contribution >= 4 is 17.7 Å². The van der Waals surface area contributed by atoms with E-state index in [4.69, 9.17) is 0 Å². The maximum absolute atomic E-state index is 11.9. The first-order valence-corrected chi connectivity index (χ1v) is 9.03. The number of thioether (sulfide) groups is 1.